The minimum absolute atomic E-state index is 0.0156. The van der Waals surface area contributed by atoms with E-state index in [1.807, 2.05) is 0 Å². The third-order valence-electron chi connectivity index (χ3n) is 4.35. The maximum Gasteiger partial charge on any atom is 0.273 e. The molecule has 3 rings (SSSR count). The van der Waals surface area contributed by atoms with Gasteiger partial charge in [0.2, 0.25) is 0 Å². The van der Waals surface area contributed by atoms with Gasteiger partial charge in [0.05, 0.1) is 6.04 Å². The Bertz CT molecular complexity index is 1040. The van der Waals surface area contributed by atoms with Crippen LogP contribution in [0.2, 0.25) is 0 Å². The highest BCUT2D eigenvalue weighted by atomic mass is 19.2. The summed E-state index contributed by atoms with van der Waals surface area (Å²) in [4.78, 5) is 14.0. The van der Waals surface area contributed by atoms with Crippen molar-refractivity contribution in [2.24, 2.45) is 0 Å². The Morgan fingerprint density at radius 3 is 2.45 bits per heavy atom. The minimum atomic E-state index is -1.06. The van der Waals surface area contributed by atoms with Crippen molar-refractivity contribution in [3.8, 4) is 11.3 Å². The SMILES string of the molecule is CN(C)[C@@H](CNC(=O)c1cc(-c2ccc(F)c(F)c2)on1)c1ccc(F)cc1F. The van der Waals surface area contributed by atoms with Crippen LogP contribution in [0.15, 0.2) is 47.0 Å². The predicted octanol–water partition coefficient (Wildman–Crippen LogP) is 3.93. The molecule has 152 valence electrons. The molecular weight excluding hydrogens is 390 g/mol. The second kappa shape index (κ2) is 8.44. The molecule has 0 radical (unpaired) electrons. The summed E-state index contributed by atoms with van der Waals surface area (Å²) in [6.07, 6.45) is 0. The van der Waals surface area contributed by atoms with E-state index in [-0.39, 0.29) is 29.1 Å². The van der Waals surface area contributed by atoms with Gasteiger partial charge in [0, 0.05) is 29.8 Å². The van der Waals surface area contributed by atoms with Gasteiger partial charge in [-0.05, 0) is 38.4 Å². The summed E-state index contributed by atoms with van der Waals surface area (Å²) in [7, 11) is 3.38. The van der Waals surface area contributed by atoms with Gasteiger partial charge in [-0.25, -0.2) is 17.6 Å². The molecule has 1 aromatic heterocycles. The molecule has 0 unspecified atom stereocenters. The van der Waals surface area contributed by atoms with Crippen LogP contribution in [0.5, 0.6) is 0 Å². The minimum Gasteiger partial charge on any atom is -0.355 e. The van der Waals surface area contributed by atoms with E-state index in [1.54, 1.807) is 19.0 Å². The van der Waals surface area contributed by atoms with Crippen molar-refractivity contribution in [1.29, 1.82) is 0 Å². The third-order valence-corrected chi connectivity index (χ3v) is 4.35. The summed E-state index contributed by atoms with van der Waals surface area (Å²) in [5.74, 6) is -3.99. The zero-order valence-electron chi connectivity index (χ0n) is 15.5. The lowest BCUT2D eigenvalue weighted by Crippen LogP contribution is -2.35. The highest BCUT2D eigenvalue weighted by molar-refractivity contribution is 5.93. The second-order valence-electron chi connectivity index (χ2n) is 6.56. The van der Waals surface area contributed by atoms with E-state index in [2.05, 4.69) is 10.5 Å². The fraction of sp³-hybridized carbons (Fsp3) is 0.200. The van der Waals surface area contributed by atoms with Gasteiger partial charge < -0.3 is 14.7 Å². The Morgan fingerprint density at radius 1 is 1.03 bits per heavy atom. The number of hydrogen-bond acceptors (Lipinski definition) is 4. The molecule has 2 aromatic carbocycles. The van der Waals surface area contributed by atoms with Crippen LogP contribution >= 0.6 is 0 Å². The number of aromatic nitrogens is 1. The average Bonchev–Trinajstić information content (AvgIpc) is 3.15. The summed E-state index contributed by atoms with van der Waals surface area (Å²) in [6, 6.07) is 7.12. The lowest BCUT2D eigenvalue weighted by Gasteiger charge is -2.25. The number of halogens is 4. The lowest BCUT2D eigenvalue weighted by molar-refractivity contribution is 0.0932. The van der Waals surface area contributed by atoms with Gasteiger partial charge >= 0.3 is 0 Å². The molecule has 3 aromatic rings. The van der Waals surface area contributed by atoms with Crippen molar-refractivity contribution in [2.75, 3.05) is 20.6 Å². The van der Waals surface area contributed by atoms with Crippen molar-refractivity contribution in [3.05, 3.63) is 77.0 Å². The van der Waals surface area contributed by atoms with Crippen LogP contribution in [-0.2, 0) is 0 Å². The van der Waals surface area contributed by atoms with Gasteiger partial charge in [-0.15, -0.1) is 0 Å². The number of benzene rings is 2. The molecule has 0 aliphatic heterocycles. The number of nitrogens with one attached hydrogen (secondary N) is 1. The molecule has 1 N–H and O–H groups in total. The van der Waals surface area contributed by atoms with Crippen molar-refractivity contribution in [2.45, 2.75) is 6.04 Å². The molecule has 9 heteroatoms. The zero-order chi connectivity index (χ0) is 21.1. The van der Waals surface area contributed by atoms with Crippen LogP contribution in [0.3, 0.4) is 0 Å². The van der Waals surface area contributed by atoms with Gasteiger partial charge in [0.1, 0.15) is 11.6 Å². The molecule has 0 saturated carbocycles. The van der Waals surface area contributed by atoms with Gasteiger partial charge in [0.25, 0.3) is 5.91 Å². The number of carbonyl (C=O) groups excluding carboxylic acids is 1. The Labute approximate surface area is 163 Å². The molecular formula is C20H17F4N3O2. The standard InChI is InChI=1S/C20H17F4N3O2/c1-27(2)18(13-5-4-12(21)8-15(13)23)10-25-20(28)17-9-19(29-26-17)11-3-6-14(22)16(24)7-11/h3-9,18H,10H2,1-2H3,(H,25,28)/t18-/m0/s1. The molecule has 0 aliphatic carbocycles. The summed E-state index contributed by atoms with van der Waals surface area (Å²) >= 11 is 0. The first-order chi connectivity index (χ1) is 13.8. The Morgan fingerprint density at radius 2 is 1.79 bits per heavy atom. The molecule has 0 spiro atoms. The zero-order valence-corrected chi connectivity index (χ0v) is 15.5. The molecule has 5 nitrogen and oxygen atoms in total. The van der Waals surface area contributed by atoms with Crippen LogP contribution in [0.25, 0.3) is 11.3 Å². The lowest BCUT2D eigenvalue weighted by atomic mass is 10.0. The van der Waals surface area contributed by atoms with Crippen molar-refractivity contribution in [3.63, 3.8) is 0 Å². The third kappa shape index (κ3) is 4.62. The summed E-state index contributed by atoms with van der Waals surface area (Å²) in [5, 5.41) is 6.24. The van der Waals surface area contributed by atoms with Crippen molar-refractivity contribution < 1.29 is 26.9 Å². The van der Waals surface area contributed by atoms with Gasteiger partial charge in [-0.1, -0.05) is 11.2 Å². The number of carbonyl (C=O) groups is 1. The van der Waals surface area contributed by atoms with Gasteiger partial charge in [-0.3, -0.25) is 4.79 Å². The fourth-order valence-electron chi connectivity index (χ4n) is 2.79. The first-order valence-corrected chi connectivity index (χ1v) is 8.58. The molecule has 29 heavy (non-hydrogen) atoms. The fourth-order valence-corrected chi connectivity index (χ4v) is 2.79. The topological polar surface area (TPSA) is 58.4 Å². The number of nitrogens with zero attached hydrogens (tertiary/aromatic N) is 2. The smallest absolute Gasteiger partial charge is 0.273 e. The number of rotatable bonds is 6. The van der Waals surface area contributed by atoms with Gasteiger partial charge in [0.15, 0.2) is 23.1 Å². The number of likely N-dealkylation sites (N-methyl/N-ethyl adjacent to an activating group) is 1. The van der Waals surface area contributed by atoms with E-state index in [0.717, 1.165) is 24.3 Å². The molecule has 0 fully saturated rings. The van der Waals surface area contributed by atoms with Crippen molar-refractivity contribution >= 4 is 5.91 Å². The van der Waals surface area contributed by atoms with E-state index < -0.39 is 35.2 Å². The first kappa shape index (κ1) is 20.5. The molecule has 1 atom stereocenters. The molecule has 1 heterocycles. The normalized spacial score (nSPS) is 12.2. The number of hydrogen-bond donors (Lipinski definition) is 1. The quantitative estimate of drug-likeness (QED) is 0.629. The largest absolute Gasteiger partial charge is 0.355 e. The molecule has 0 bridgehead atoms. The first-order valence-electron chi connectivity index (χ1n) is 8.58. The van der Waals surface area contributed by atoms with Crippen molar-refractivity contribution in [1.82, 2.24) is 15.4 Å². The Balaban J connectivity index is 1.72. The van der Waals surface area contributed by atoms with Crippen LogP contribution in [-0.4, -0.2) is 36.6 Å². The van der Waals surface area contributed by atoms with E-state index >= 15 is 0 Å². The number of amides is 1. The highest BCUT2D eigenvalue weighted by Crippen LogP contribution is 2.24. The van der Waals surface area contributed by atoms with Crippen LogP contribution in [0.4, 0.5) is 17.6 Å². The summed E-state index contributed by atoms with van der Waals surface area (Å²) in [5.41, 5.74) is 0.358. The van der Waals surface area contributed by atoms with E-state index in [0.29, 0.717) is 0 Å². The molecule has 0 saturated heterocycles. The maximum atomic E-state index is 14.1. The van der Waals surface area contributed by atoms with Crippen LogP contribution in [0, 0.1) is 23.3 Å². The highest BCUT2D eigenvalue weighted by Gasteiger charge is 2.21. The van der Waals surface area contributed by atoms with Gasteiger partial charge in [-0.2, -0.15) is 0 Å². The summed E-state index contributed by atoms with van der Waals surface area (Å²) in [6.45, 7) is 0.0156. The summed E-state index contributed by atoms with van der Waals surface area (Å²) < 4.78 is 58.7. The predicted molar refractivity (Wildman–Crippen MR) is 97.0 cm³/mol. The molecule has 1 amide bonds. The van der Waals surface area contributed by atoms with E-state index in [9.17, 15) is 22.4 Å². The molecule has 0 aliphatic rings. The van der Waals surface area contributed by atoms with E-state index in [4.69, 9.17) is 4.52 Å². The monoisotopic (exact) mass is 407 g/mol. The Hall–Kier alpha value is -3.20. The average molecular weight is 407 g/mol. The maximum absolute atomic E-state index is 14.1. The second-order valence-corrected chi connectivity index (χ2v) is 6.56. The van der Waals surface area contributed by atoms with Crippen LogP contribution < -0.4 is 5.32 Å². The Kier molecular flexibility index (Phi) is 5.97. The van der Waals surface area contributed by atoms with E-state index in [1.165, 1.54) is 18.2 Å². The van der Waals surface area contributed by atoms with Crippen LogP contribution in [0.1, 0.15) is 22.1 Å².